The summed E-state index contributed by atoms with van der Waals surface area (Å²) in [5.41, 5.74) is 1.07. The van der Waals surface area contributed by atoms with Crippen LogP contribution in [-0.2, 0) is 19.0 Å². The average Bonchev–Trinajstić information content (AvgIpc) is 3.39. The second-order valence-electron chi connectivity index (χ2n) is 11.0. The van der Waals surface area contributed by atoms with E-state index < -0.39 is 17.6 Å². The summed E-state index contributed by atoms with van der Waals surface area (Å²) < 4.78 is 51.6. The minimum absolute atomic E-state index is 0.0415. The number of amides is 1. The molecule has 2 atom stereocenters. The van der Waals surface area contributed by atoms with Gasteiger partial charge in [-0.2, -0.15) is 0 Å². The van der Waals surface area contributed by atoms with Crippen molar-refractivity contribution in [2.24, 2.45) is 5.41 Å². The van der Waals surface area contributed by atoms with Gasteiger partial charge in [0.15, 0.2) is 5.83 Å². The number of carbonyl (C=O) groups excluding carboxylic acids is 1. The minimum atomic E-state index is -0.930. The second kappa shape index (κ2) is 12.1. The lowest BCUT2D eigenvalue weighted by Crippen LogP contribution is -2.44. The van der Waals surface area contributed by atoms with E-state index in [1.54, 1.807) is 12.1 Å². The van der Waals surface area contributed by atoms with Gasteiger partial charge in [-0.15, -0.1) is 0 Å². The average molecular weight is 602 g/mol. The van der Waals surface area contributed by atoms with Gasteiger partial charge in [-0.05, 0) is 30.3 Å². The topological polar surface area (TPSA) is 107 Å². The molecule has 1 amide bonds. The van der Waals surface area contributed by atoms with Crippen molar-refractivity contribution < 1.29 is 32.5 Å². The number of anilines is 3. The highest BCUT2D eigenvalue weighted by atomic mass is 35.5. The van der Waals surface area contributed by atoms with Crippen LogP contribution in [0.4, 0.5) is 26.0 Å². The van der Waals surface area contributed by atoms with Gasteiger partial charge < -0.3 is 29.6 Å². The van der Waals surface area contributed by atoms with E-state index in [-0.39, 0.29) is 34.9 Å². The molecule has 2 N–H and O–H groups in total. The van der Waals surface area contributed by atoms with E-state index in [9.17, 15) is 9.18 Å². The zero-order valence-corrected chi connectivity index (χ0v) is 23.6. The van der Waals surface area contributed by atoms with Crippen LogP contribution in [0, 0.1) is 11.2 Å². The lowest BCUT2D eigenvalue weighted by Gasteiger charge is -2.37. The number of aromatic nitrogens is 2. The number of benzene rings is 2. The number of rotatable bonds is 9. The highest BCUT2D eigenvalue weighted by molar-refractivity contribution is 6.31. The Kier molecular flexibility index (Phi) is 8.24. The molecule has 2 aromatic carbocycles. The minimum Gasteiger partial charge on any atom is -0.491 e. The summed E-state index contributed by atoms with van der Waals surface area (Å²) in [6, 6.07) is 7.46. The quantitative estimate of drug-likeness (QED) is 0.344. The molecule has 0 unspecified atom stereocenters. The van der Waals surface area contributed by atoms with Crippen molar-refractivity contribution in [3.63, 3.8) is 0 Å². The molecule has 1 aromatic heterocycles. The first-order valence-electron chi connectivity index (χ1n) is 13.6. The molecule has 10 nitrogen and oxygen atoms in total. The van der Waals surface area contributed by atoms with E-state index in [2.05, 4.69) is 20.6 Å². The van der Waals surface area contributed by atoms with E-state index in [0.29, 0.717) is 74.3 Å². The van der Waals surface area contributed by atoms with E-state index in [4.69, 9.17) is 30.5 Å². The molecule has 42 heavy (non-hydrogen) atoms. The molecule has 4 heterocycles. The van der Waals surface area contributed by atoms with Crippen LogP contribution in [0.5, 0.6) is 5.75 Å². The third-order valence-corrected chi connectivity index (χ3v) is 7.72. The van der Waals surface area contributed by atoms with Crippen molar-refractivity contribution in [2.45, 2.75) is 19.1 Å². The molecule has 0 spiro atoms. The van der Waals surface area contributed by atoms with Crippen molar-refractivity contribution in [1.82, 2.24) is 14.9 Å². The van der Waals surface area contributed by atoms with Gasteiger partial charge in [0.1, 0.15) is 23.7 Å². The number of hydrogen-bond acceptors (Lipinski definition) is 9. The third kappa shape index (κ3) is 6.32. The number of nitrogens with one attached hydrogen (secondary N) is 2. The summed E-state index contributed by atoms with van der Waals surface area (Å²) >= 11 is 5.94. The maximum Gasteiger partial charge on any atom is 0.284 e. The molecule has 6 rings (SSSR count). The molecule has 0 bridgehead atoms. The Bertz CT molecular complexity index is 1510. The second-order valence-corrected chi connectivity index (χ2v) is 11.4. The van der Waals surface area contributed by atoms with Gasteiger partial charge in [0.25, 0.3) is 5.91 Å². The first kappa shape index (κ1) is 28.7. The van der Waals surface area contributed by atoms with E-state index in [1.807, 2.05) is 11.8 Å². The molecule has 3 fully saturated rings. The van der Waals surface area contributed by atoms with Crippen LogP contribution in [0.25, 0.3) is 10.9 Å². The van der Waals surface area contributed by atoms with Gasteiger partial charge in [0, 0.05) is 42.2 Å². The predicted octanol–water partition coefficient (Wildman–Crippen LogP) is 4.47. The van der Waals surface area contributed by atoms with Crippen LogP contribution in [-0.4, -0.2) is 85.7 Å². The standard InChI is InChI=1S/C29H30ClF2N5O5/c1-29(13-39-14-29)15-42-24-10-22-18(27(34-16-33-22)35-17-2-3-20(31)19(30)8-17)9-23(24)36-28(38)21(32)4-5-37-11-25-26(12-37)41-7-6-40-25/h2-4,8-10,16,25-26H,5-7,11-15H2,1H3,(H,36,38)(H,33,34,35)/b21-4+/t25-,26-/m0/s1. The molecule has 0 saturated carbocycles. The van der Waals surface area contributed by atoms with E-state index >= 15 is 4.39 Å². The third-order valence-electron chi connectivity index (χ3n) is 7.43. The Morgan fingerprint density at radius 1 is 1.19 bits per heavy atom. The van der Waals surface area contributed by atoms with Gasteiger partial charge in [0.2, 0.25) is 0 Å². The van der Waals surface area contributed by atoms with Crippen LogP contribution in [0.1, 0.15) is 6.92 Å². The normalized spacial score (nSPS) is 22.0. The van der Waals surface area contributed by atoms with Gasteiger partial charge in [0.05, 0.1) is 61.5 Å². The zero-order chi connectivity index (χ0) is 29.3. The highest BCUT2D eigenvalue weighted by Crippen LogP contribution is 2.36. The molecule has 3 aliphatic rings. The largest absolute Gasteiger partial charge is 0.491 e. The van der Waals surface area contributed by atoms with Crippen LogP contribution in [0.3, 0.4) is 0 Å². The summed E-state index contributed by atoms with van der Waals surface area (Å²) in [6.45, 7) is 5.99. The molecular weight excluding hydrogens is 572 g/mol. The first-order valence-corrected chi connectivity index (χ1v) is 14.0. The van der Waals surface area contributed by atoms with Gasteiger partial charge in [-0.1, -0.05) is 18.5 Å². The van der Waals surface area contributed by atoms with Crippen molar-refractivity contribution in [1.29, 1.82) is 0 Å². The Morgan fingerprint density at radius 3 is 2.64 bits per heavy atom. The number of likely N-dealkylation sites (tertiary alicyclic amines) is 1. The number of nitrogens with zero attached hydrogens (tertiary/aromatic N) is 3. The summed E-state index contributed by atoms with van der Waals surface area (Å²) in [5.74, 6) is -1.70. The number of hydrogen-bond donors (Lipinski definition) is 2. The fourth-order valence-electron chi connectivity index (χ4n) is 5.07. The van der Waals surface area contributed by atoms with Crippen LogP contribution in [0.2, 0.25) is 5.02 Å². The van der Waals surface area contributed by atoms with Gasteiger partial charge >= 0.3 is 0 Å². The van der Waals surface area contributed by atoms with E-state index in [0.717, 1.165) is 0 Å². The molecule has 3 saturated heterocycles. The Balaban J connectivity index is 1.24. The Morgan fingerprint density at radius 2 is 1.95 bits per heavy atom. The molecule has 222 valence electrons. The van der Waals surface area contributed by atoms with Crippen molar-refractivity contribution in [2.75, 3.05) is 63.3 Å². The molecule has 0 aliphatic carbocycles. The summed E-state index contributed by atoms with van der Waals surface area (Å²) in [5, 5.41) is 6.21. The molecule has 3 aromatic rings. The summed E-state index contributed by atoms with van der Waals surface area (Å²) in [7, 11) is 0. The van der Waals surface area contributed by atoms with Crippen molar-refractivity contribution >= 4 is 45.6 Å². The summed E-state index contributed by atoms with van der Waals surface area (Å²) in [6.07, 6.45) is 2.53. The number of carbonyl (C=O) groups is 1. The van der Waals surface area contributed by atoms with Crippen LogP contribution in [0.15, 0.2) is 48.6 Å². The Hall–Kier alpha value is -3.42. The summed E-state index contributed by atoms with van der Waals surface area (Å²) in [4.78, 5) is 23.6. The van der Waals surface area contributed by atoms with E-state index in [1.165, 1.54) is 30.6 Å². The fourth-order valence-corrected chi connectivity index (χ4v) is 5.25. The van der Waals surface area contributed by atoms with Gasteiger partial charge in [-0.3, -0.25) is 9.69 Å². The first-order chi connectivity index (χ1) is 20.3. The smallest absolute Gasteiger partial charge is 0.284 e. The van der Waals surface area contributed by atoms with Gasteiger partial charge in [-0.25, -0.2) is 18.7 Å². The predicted molar refractivity (Wildman–Crippen MR) is 152 cm³/mol. The number of fused-ring (bicyclic) bond motifs is 2. The SMILES string of the molecule is CC1(COc2cc3ncnc(Nc4ccc(F)c(Cl)c4)c3cc2NC(=O)/C(F)=C\CN2C[C@@H]3OCCO[C@H]3C2)COC1. The molecular formula is C29H30ClF2N5O5. The van der Waals surface area contributed by atoms with Crippen molar-refractivity contribution in [3.8, 4) is 5.75 Å². The zero-order valence-electron chi connectivity index (χ0n) is 22.9. The maximum atomic E-state index is 15.1. The highest BCUT2D eigenvalue weighted by Gasteiger charge is 2.36. The monoisotopic (exact) mass is 601 g/mol. The number of ether oxygens (including phenoxy) is 4. The number of halogens is 3. The lowest BCUT2D eigenvalue weighted by atomic mass is 9.90. The van der Waals surface area contributed by atoms with Crippen molar-refractivity contribution in [3.05, 3.63) is 59.4 Å². The lowest BCUT2D eigenvalue weighted by molar-refractivity contribution is -0.120. The fraction of sp³-hybridized carbons (Fsp3) is 0.414. The van der Waals surface area contributed by atoms with Crippen LogP contribution < -0.4 is 15.4 Å². The molecule has 3 aliphatic heterocycles. The molecule has 0 radical (unpaired) electrons. The molecule has 13 heteroatoms. The van der Waals surface area contributed by atoms with Crippen LogP contribution >= 0.6 is 11.6 Å². The Labute approximate surface area is 245 Å². The maximum absolute atomic E-state index is 15.1.